The Morgan fingerprint density at radius 1 is 1.42 bits per heavy atom. The highest BCUT2D eigenvalue weighted by atomic mass is 16.5. The van der Waals surface area contributed by atoms with E-state index in [9.17, 15) is 0 Å². The molecule has 126 valence electrons. The van der Waals surface area contributed by atoms with Crippen LogP contribution in [0.2, 0.25) is 0 Å². The summed E-state index contributed by atoms with van der Waals surface area (Å²) < 4.78 is 6.19. The Balaban J connectivity index is 1.64. The third-order valence-corrected chi connectivity index (χ3v) is 4.91. The van der Waals surface area contributed by atoms with Gasteiger partial charge in [0.05, 0.1) is 23.7 Å². The average molecular weight is 325 g/mol. The summed E-state index contributed by atoms with van der Waals surface area (Å²) in [6, 6.07) is 3.96. The van der Waals surface area contributed by atoms with Gasteiger partial charge < -0.3 is 20.4 Å². The number of nitrogens with two attached hydrogens (primary N) is 1. The first-order valence-corrected chi connectivity index (χ1v) is 8.62. The fourth-order valence-electron chi connectivity index (χ4n) is 3.63. The van der Waals surface area contributed by atoms with Crippen molar-refractivity contribution in [1.29, 1.82) is 0 Å². The molecule has 0 radical (unpaired) electrons. The molecule has 24 heavy (non-hydrogen) atoms. The lowest BCUT2D eigenvalue weighted by Gasteiger charge is -2.31. The SMILES string of the molecule is CCN1CCCC(COc2c(N)ncc3[nH]c4ncccc4c23)C1. The predicted molar refractivity (Wildman–Crippen MR) is 96.1 cm³/mol. The van der Waals surface area contributed by atoms with E-state index in [1.54, 1.807) is 12.4 Å². The fourth-order valence-corrected chi connectivity index (χ4v) is 3.63. The van der Waals surface area contributed by atoms with Gasteiger partial charge in [-0.2, -0.15) is 0 Å². The standard InChI is InChI=1S/C18H23N5O/c1-2-23-8-4-5-12(10-23)11-24-16-15-13-6-3-7-20-18(13)22-14(15)9-21-17(16)19/h3,6-7,9,12H,2,4-5,8,10-11H2,1H3,(H2,19,21)(H,20,22). The number of aromatic nitrogens is 3. The molecule has 0 amide bonds. The van der Waals surface area contributed by atoms with Crippen LogP contribution in [0.4, 0.5) is 5.82 Å². The number of piperidine rings is 1. The number of rotatable bonds is 4. The number of fused-ring (bicyclic) bond motifs is 3. The van der Waals surface area contributed by atoms with E-state index in [0.29, 0.717) is 24.1 Å². The Morgan fingerprint density at radius 2 is 2.33 bits per heavy atom. The topological polar surface area (TPSA) is 80.1 Å². The van der Waals surface area contributed by atoms with E-state index in [2.05, 4.69) is 26.8 Å². The molecule has 1 unspecified atom stereocenters. The van der Waals surface area contributed by atoms with Gasteiger partial charge in [-0.15, -0.1) is 0 Å². The van der Waals surface area contributed by atoms with E-state index < -0.39 is 0 Å². The second-order valence-corrected chi connectivity index (χ2v) is 6.50. The largest absolute Gasteiger partial charge is 0.489 e. The number of H-pyrrole nitrogens is 1. The second kappa shape index (κ2) is 6.28. The molecule has 0 aliphatic carbocycles. The predicted octanol–water partition coefficient (Wildman–Crippen LogP) is 2.80. The number of ether oxygens (including phenoxy) is 1. The maximum absolute atomic E-state index is 6.19. The number of nitrogens with zero attached hydrogens (tertiary/aromatic N) is 3. The van der Waals surface area contributed by atoms with Crippen LogP contribution in [-0.2, 0) is 0 Å². The van der Waals surface area contributed by atoms with E-state index >= 15 is 0 Å². The van der Waals surface area contributed by atoms with Gasteiger partial charge in [0.1, 0.15) is 5.65 Å². The summed E-state index contributed by atoms with van der Waals surface area (Å²) in [7, 11) is 0. The first-order chi connectivity index (χ1) is 11.8. The van der Waals surface area contributed by atoms with E-state index in [4.69, 9.17) is 10.5 Å². The summed E-state index contributed by atoms with van der Waals surface area (Å²) in [4.78, 5) is 14.4. The van der Waals surface area contributed by atoms with Crippen LogP contribution in [0.3, 0.4) is 0 Å². The Kier molecular flexibility index (Phi) is 3.98. The van der Waals surface area contributed by atoms with E-state index in [-0.39, 0.29) is 0 Å². The van der Waals surface area contributed by atoms with Crippen molar-refractivity contribution in [3.63, 3.8) is 0 Å². The van der Waals surface area contributed by atoms with Crippen molar-refractivity contribution >= 4 is 27.8 Å². The van der Waals surface area contributed by atoms with Gasteiger partial charge in [-0.05, 0) is 38.1 Å². The zero-order valence-corrected chi connectivity index (χ0v) is 14.0. The lowest BCUT2D eigenvalue weighted by atomic mass is 9.99. The van der Waals surface area contributed by atoms with E-state index in [0.717, 1.165) is 35.0 Å². The molecule has 4 rings (SSSR count). The minimum Gasteiger partial charge on any atom is -0.489 e. The highest BCUT2D eigenvalue weighted by Crippen LogP contribution is 2.35. The highest BCUT2D eigenvalue weighted by molar-refractivity contribution is 6.10. The number of hydrogen-bond acceptors (Lipinski definition) is 5. The quantitative estimate of drug-likeness (QED) is 0.771. The summed E-state index contributed by atoms with van der Waals surface area (Å²) in [5, 5.41) is 2.00. The van der Waals surface area contributed by atoms with Crippen molar-refractivity contribution in [2.45, 2.75) is 19.8 Å². The number of pyridine rings is 2. The first kappa shape index (κ1) is 15.2. The van der Waals surface area contributed by atoms with Gasteiger partial charge in [-0.1, -0.05) is 6.92 Å². The van der Waals surface area contributed by atoms with Crippen molar-refractivity contribution < 1.29 is 4.74 Å². The molecule has 3 aromatic heterocycles. The molecule has 4 heterocycles. The first-order valence-electron chi connectivity index (χ1n) is 8.62. The summed E-state index contributed by atoms with van der Waals surface area (Å²) in [5.74, 6) is 1.66. The fraction of sp³-hybridized carbons (Fsp3) is 0.444. The molecule has 1 saturated heterocycles. The third-order valence-electron chi connectivity index (χ3n) is 4.91. The molecular weight excluding hydrogens is 302 g/mol. The highest BCUT2D eigenvalue weighted by Gasteiger charge is 2.21. The Morgan fingerprint density at radius 3 is 3.21 bits per heavy atom. The van der Waals surface area contributed by atoms with Gasteiger partial charge >= 0.3 is 0 Å². The number of likely N-dealkylation sites (tertiary alicyclic amines) is 1. The van der Waals surface area contributed by atoms with Crippen molar-refractivity contribution in [2.75, 3.05) is 32.0 Å². The molecular formula is C18H23N5O. The molecule has 1 atom stereocenters. The van der Waals surface area contributed by atoms with Crippen LogP contribution in [0, 0.1) is 5.92 Å². The normalized spacial score (nSPS) is 19.1. The monoisotopic (exact) mass is 325 g/mol. The number of anilines is 1. The number of nitrogen functional groups attached to an aromatic ring is 1. The minimum atomic E-state index is 0.440. The molecule has 1 fully saturated rings. The lowest BCUT2D eigenvalue weighted by molar-refractivity contribution is 0.136. The minimum absolute atomic E-state index is 0.440. The van der Waals surface area contributed by atoms with Gasteiger partial charge in [0.25, 0.3) is 0 Å². The summed E-state index contributed by atoms with van der Waals surface area (Å²) in [6.07, 6.45) is 5.96. The molecule has 6 heteroatoms. The van der Waals surface area contributed by atoms with Crippen LogP contribution in [0.15, 0.2) is 24.5 Å². The molecule has 1 aliphatic rings. The molecule has 3 aromatic rings. The molecule has 0 aromatic carbocycles. The average Bonchev–Trinajstić information content (AvgIpc) is 3.00. The summed E-state index contributed by atoms with van der Waals surface area (Å²) in [5.41, 5.74) is 7.87. The van der Waals surface area contributed by atoms with Gasteiger partial charge in [-0.25, -0.2) is 9.97 Å². The van der Waals surface area contributed by atoms with Crippen LogP contribution in [0.1, 0.15) is 19.8 Å². The van der Waals surface area contributed by atoms with Gasteiger partial charge in [-0.3, -0.25) is 0 Å². The van der Waals surface area contributed by atoms with Crippen LogP contribution in [0.5, 0.6) is 5.75 Å². The van der Waals surface area contributed by atoms with Crippen LogP contribution in [0.25, 0.3) is 21.9 Å². The smallest absolute Gasteiger partial charge is 0.171 e. The Labute approximate surface area is 141 Å². The molecule has 0 saturated carbocycles. The zero-order chi connectivity index (χ0) is 16.5. The number of nitrogens with one attached hydrogen (secondary N) is 1. The third kappa shape index (κ3) is 2.67. The van der Waals surface area contributed by atoms with Gasteiger partial charge in [0, 0.05) is 24.0 Å². The molecule has 6 nitrogen and oxygen atoms in total. The molecule has 0 spiro atoms. The Hall–Kier alpha value is -2.34. The maximum atomic E-state index is 6.19. The lowest BCUT2D eigenvalue weighted by Crippen LogP contribution is -2.37. The summed E-state index contributed by atoms with van der Waals surface area (Å²) >= 11 is 0. The second-order valence-electron chi connectivity index (χ2n) is 6.50. The van der Waals surface area contributed by atoms with Crippen LogP contribution < -0.4 is 10.5 Å². The van der Waals surface area contributed by atoms with Crippen molar-refractivity contribution in [2.24, 2.45) is 5.92 Å². The van der Waals surface area contributed by atoms with Crippen LogP contribution in [-0.4, -0.2) is 46.1 Å². The summed E-state index contributed by atoms with van der Waals surface area (Å²) in [6.45, 7) is 6.28. The number of aromatic amines is 1. The Bertz CT molecular complexity index is 859. The van der Waals surface area contributed by atoms with Crippen molar-refractivity contribution in [3.05, 3.63) is 24.5 Å². The van der Waals surface area contributed by atoms with Gasteiger partial charge in [0.2, 0.25) is 0 Å². The van der Waals surface area contributed by atoms with Gasteiger partial charge in [0.15, 0.2) is 11.6 Å². The van der Waals surface area contributed by atoms with Crippen molar-refractivity contribution in [3.8, 4) is 5.75 Å². The molecule has 0 bridgehead atoms. The van der Waals surface area contributed by atoms with E-state index in [1.165, 1.54) is 19.4 Å². The number of hydrogen-bond donors (Lipinski definition) is 2. The molecule has 1 aliphatic heterocycles. The molecule has 3 N–H and O–H groups in total. The van der Waals surface area contributed by atoms with Crippen molar-refractivity contribution in [1.82, 2.24) is 19.9 Å². The van der Waals surface area contributed by atoms with E-state index in [1.807, 2.05) is 12.1 Å². The zero-order valence-electron chi connectivity index (χ0n) is 14.0. The van der Waals surface area contributed by atoms with Crippen LogP contribution >= 0.6 is 0 Å². The maximum Gasteiger partial charge on any atom is 0.171 e.